The van der Waals surface area contributed by atoms with Crippen LogP contribution in [0.3, 0.4) is 0 Å². The average molecular weight is 378 g/mol. The lowest BCUT2D eigenvalue weighted by atomic mass is 10.1. The van der Waals surface area contributed by atoms with Crippen LogP contribution in [0.25, 0.3) is 22.3 Å². The summed E-state index contributed by atoms with van der Waals surface area (Å²) in [6.45, 7) is 3.54. The predicted molar refractivity (Wildman–Crippen MR) is 107 cm³/mol. The molecule has 1 aromatic heterocycles. The van der Waals surface area contributed by atoms with E-state index in [4.69, 9.17) is 9.72 Å². The van der Waals surface area contributed by atoms with Crippen LogP contribution in [-0.2, 0) is 4.74 Å². The number of phenols is 1. The molecular formula is C21H22N4O3. The Kier molecular flexibility index (Phi) is 4.97. The largest absolute Gasteiger partial charge is 0.507 e. The minimum atomic E-state index is -0.392. The summed E-state index contributed by atoms with van der Waals surface area (Å²) in [5, 5.41) is 14.1. The monoisotopic (exact) mass is 378 g/mol. The van der Waals surface area contributed by atoms with Crippen LogP contribution < -0.4 is 10.2 Å². The molecule has 0 aliphatic carbocycles. The molecule has 2 N–H and O–H groups in total. The molecular weight excluding hydrogens is 356 g/mol. The molecule has 1 fully saturated rings. The van der Waals surface area contributed by atoms with Crippen molar-refractivity contribution in [2.75, 3.05) is 24.6 Å². The van der Waals surface area contributed by atoms with Gasteiger partial charge >= 0.3 is 6.09 Å². The highest BCUT2D eigenvalue weighted by Gasteiger charge is 2.27. The molecule has 3 aromatic rings. The Bertz CT molecular complexity index is 1010. The van der Waals surface area contributed by atoms with Crippen molar-refractivity contribution in [3.8, 4) is 17.1 Å². The van der Waals surface area contributed by atoms with Gasteiger partial charge in [0.2, 0.25) is 0 Å². The molecule has 1 atom stereocenters. The number of nitrogens with zero attached hydrogens (tertiary/aromatic N) is 3. The lowest BCUT2D eigenvalue weighted by Crippen LogP contribution is -2.37. The fourth-order valence-electron chi connectivity index (χ4n) is 3.49. The molecule has 28 heavy (non-hydrogen) atoms. The van der Waals surface area contributed by atoms with Crippen molar-refractivity contribution in [3.63, 3.8) is 0 Å². The topological polar surface area (TPSA) is 87.6 Å². The Labute approximate surface area is 163 Å². The fourth-order valence-corrected chi connectivity index (χ4v) is 3.49. The number of ether oxygens (including phenoxy) is 1. The number of rotatable bonds is 4. The second kappa shape index (κ2) is 7.72. The third-order valence-electron chi connectivity index (χ3n) is 4.81. The molecule has 7 nitrogen and oxygen atoms in total. The highest BCUT2D eigenvalue weighted by Crippen LogP contribution is 2.32. The van der Waals surface area contributed by atoms with Crippen molar-refractivity contribution in [2.45, 2.75) is 19.4 Å². The van der Waals surface area contributed by atoms with Crippen molar-refractivity contribution in [3.05, 3.63) is 48.5 Å². The van der Waals surface area contributed by atoms with Crippen LogP contribution in [0.4, 0.5) is 10.6 Å². The van der Waals surface area contributed by atoms with E-state index in [0.717, 1.165) is 29.7 Å². The van der Waals surface area contributed by atoms with E-state index in [2.05, 4.69) is 15.2 Å². The van der Waals surface area contributed by atoms with Gasteiger partial charge in [-0.25, -0.2) is 14.8 Å². The number of hydrogen-bond acceptors (Lipinski definition) is 6. The van der Waals surface area contributed by atoms with E-state index >= 15 is 0 Å². The Morgan fingerprint density at radius 3 is 2.82 bits per heavy atom. The van der Waals surface area contributed by atoms with Gasteiger partial charge in [0.15, 0.2) is 5.82 Å². The van der Waals surface area contributed by atoms with E-state index in [-0.39, 0.29) is 11.8 Å². The van der Waals surface area contributed by atoms with Crippen molar-refractivity contribution in [1.82, 2.24) is 15.3 Å². The summed E-state index contributed by atoms with van der Waals surface area (Å²) < 4.78 is 4.98. The van der Waals surface area contributed by atoms with Gasteiger partial charge in [-0.1, -0.05) is 24.3 Å². The SMILES string of the molecule is CCOC(=O)N[C@H]1CCN(c2nc(-c3ccccc3O)nc3ccccc23)C1. The van der Waals surface area contributed by atoms with E-state index in [1.165, 1.54) is 0 Å². The summed E-state index contributed by atoms with van der Waals surface area (Å²) in [5.74, 6) is 1.43. The average Bonchev–Trinajstić information content (AvgIpc) is 3.16. The zero-order valence-corrected chi connectivity index (χ0v) is 15.6. The minimum absolute atomic E-state index is 0.00126. The second-order valence-electron chi connectivity index (χ2n) is 6.70. The number of nitrogens with one attached hydrogen (secondary N) is 1. The maximum Gasteiger partial charge on any atom is 0.407 e. The maximum atomic E-state index is 11.7. The molecule has 1 saturated heterocycles. The van der Waals surface area contributed by atoms with Crippen LogP contribution in [0.5, 0.6) is 5.75 Å². The predicted octanol–water partition coefficient (Wildman–Crippen LogP) is 3.33. The fraction of sp³-hybridized carbons (Fsp3) is 0.286. The van der Waals surface area contributed by atoms with Crippen molar-refractivity contribution in [1.29, 1.82) is 0 Å². The third-order valence-corrected chi connectivity index (χ3v) is 4.81. The number of aromatic nitrogens is 2. The molecule has 4 rings (SSSR count). The number of amides is 1. The molecule has 144 valence electrons. The first-order valence-electron chi connectivity index (χ1n) is 9.39. The van der Waals surface area contributed by atoms with Crippen LogP contribution in [0.1, 0.15) is 13.3 Å². The highest BCUT2D eigenvalue weighted by molar-refractivity contribution is 5.91. The Hall–Kier alpha value is -3.35. The van der Waals surface area contributed by atoms with Crippen molar-refractivity contribution >= 4 is 22.8 Å². The van der Waals surface area contributed by atoms with E-state index in [9.17, 15) is 9.90 Å². The summed E-state index contributed by atoms with van der Waals surface area (Å²) in [4.78, 5) is 23.3. The van der Waals surface area contributed by atoms with Gasteiger partial charge in [0.1, 0.15) is 11.6 Å². The van der Waals surface area contributed by atoms with E-state index in [1.54, 1.807) is 25.1 Å². The molecule has 0 spiro atoms. The quantitative estimate of drug-likeness (QED) is 0.724. The van der Waals surface area contributed by atoms with Crippen LogP contribution in [0.2, 0.25) is 0 Å². The van der Waals surface area contributed by atoms with Gasteiger partial charge in [0, 0.05) is 18.5 Å². The molecule has 0 bridgehead atoms. The van der Waals surface area contributed by atoms with Gasteiger partial charge < -0.3 is 20.1 Å². The Morgan fingerprint density at radius 2 is 2.00 bits per heavy atom. The summed E-state index contributed by atoms with van der Waals surface area (Å²) in [5.41, 5.74) is 1.41. The number of phenolic OH excluding ortho intramolecular Hbond substituents is 1. The first-order chi connectivity index (χ1) is 13.7. The van der Waals surface area contributed by atoms with E-state index in [1.807, 2.05) is 30.3 Å². The minimum Gasteiger partial charge on any atom is -0.507 e. The molecule has 1 aliphatic heterocycles. The molecule has 1 amide bonds. The number of benzene rings is 2. The summed E-state index contributed by atoms with van der Waals surface area (Å²) in [7, 11) is 0. The number of para-hydroxylation sites is 2. The first-order valence-corrected chi connectivity index (χ1v) is 9.39. The second-order valence-corrected chi connectivity index (χ2v) is 6.70. The number of alkyl carbamates (subject to hydrolysis) is 1. The van der Waals surface area contributed by atoms with Crippen molar-refractivity contribution in [2.24, 2.45) is 0 Å². The van der Waals surface area contributed by atoms with Gasteiger partial charge in [0.05, 0.1) is 23.7 Å². The molecule has 0 radical (unpaired) electrons. The number of hydrogen-bond donors (Lipinski definition) is 2. The number of fused-ring (bicyclic) bond motifs is 1. The molecule has 2 aromatic carbocycles. The Balaban J connectivity index is 1.69. The Morgan fingerprint density at radius 1 is 1.21 bits per heavy atom. The molecule has 0 unspecified atom stereocenters. The van der Waals surface area contributed by atoms with Crippen LogP contribution in [0, 0.1) is 0 Å². The summed E-state index contributed by atoms with van der Waals surface area (Å²) in [6, 6.07) is 14.9. The van der Waals surface area contributed by atoms with Gasteiger partial charge in [-0.05, 0) is 37.6 Å². The van der Waals surface area contributed by atoms with Crippen molar-refractivity contribution < 1.29 is 14.6 Å². The zero-order chi connectivity index (χ0) is 19.5. The lowest BCUT2D eigenvalue weighted by molar-refractivity contribution is 0.149. The molecule has 7 heteroatoms. The van der Waals surface area contributed by atoms with Gasteiger partial charge in [-0.15, -0.1) is 0 Å². The standard InChI is InChI=1S/C21H22N4O3/c1-2-28-21(27)22-14-11-12-25(13-14)20-15-7-3-5-9-17(15)23-19(24-20)16-8-4-6-10-18(16)26/h3-10,14,26H,2,11-13H2,1H3,(H,22,27)/t14-/m0/s1. The third kappa shape index (κ3) is 3.55. The number of carbonyl (C=O) groups is 1. The van der Waals surface area contributed by atoms with E-state index in [0.29, 0.717) is 24.5 Å². The molecule has 2 heterocycles. The molecule has 0 saturated carbocycles. The first kappa shape index (κ1) is 18.0. The lowest BCUT2D eigenvalue weighted by Gasteiger charge is -2.20. The van der Waals surface area contributed by atoms with Gasteiger partial charge in [-0.3, -0.25) is 0 Å². The summed E-state index contributed by atoms with van der Waals surface area (Å²) in [6.07, 6.45) is 0.417. The smallest absolute Gasteiger partial charge is 0.407 e. The maximum absolute atomic E-state index is 11.7. The van der Waals surface area contributed by atoms with Crippen LogP contribution >= 0.6 is 0 Å². The van der Waals surface area contributed by atoms with Gasteiger partial charge in [0.25, 0.3) is 0 Å². The van der Waals surface area contributed by atoms with E-state index < -0.39 is 6.09 Å². The molecule has 1 aliphatic rings. The normalized spacial score (nSPS) is 16.3. The highest BCUT2D eigenvalue weighted by atomic mass is 16.5. The number of carbonyl (C=O) groups excluding carboxylic acids is 1. The van der Waals surface area contributed by atoms with Gasteiger partial charge in [-0.2, -0.15) is 0 Å². The summed E-state index contributed by atoms with van der Waals surface area (Å²) >= 11 is 0. The number of aromatic hydroxyl groups is 1. The zero-order valence-electron chi connectivity index (χ0n) is 15.6. The number of anilines is 1. The van der Waals surface area contributed by atoms with Crippen LogP contribution in [0.15, 0.2) is 48.5 Å². The van der Waals surface area contributed by atoms with Crippen LogP contribution in [-0.4, -0.2) is 46.9 Å².